The molecule has 1 aromatic heterocycles. The summed E-state index contributed by atoms with van der Waals surface area (Å²) in [5.74, 6) is -2.31. The number of amides is 1. The highest BCUT2D eigenvalue weighted by Gasteiger charge is 2.38. The van der Waals surface area contributed by atoms with Gasteiger partial charge in [0, 0.05) is 17.8 Å². The fourth-order valence-corrected chi connectivity index (χ4v) is 4.16. The maximum atomic E-state index is 15.0. The quantitative estimate of drug-likeness (QED) is 0.852. The van der Waals surface area contributed by atoms with Gasteiger partial charge in [-0.1, -0.05) is 0 Å². The van der Waals surface area contributed by atoms with Gasteiger partial charge in [-0.2, -0.15) is 8.42 Å². The van der Waals surface area contributed by atoms with Gasteiger partial charge >= 0.3 is 10.2 Å². The number of carbonyl (C=O) groups is 1. The lowest BCUT2D eigenvalue weighted by Crippen LogP contribution is -2.30. The highest BCUT2D eigenvalue weighted by molar-refractivity contribution is 7.92. The molecule has 1 amide bonds. The first-order chi connectivity index (χ1) is 11.9. The van der Waals surface area contributed by atoms with Gasteiger partial charge in [-0.15, -0.1) is 0 Å². The van der Waals surface area contributed by atoms with Crippen molar-refractivity contribution in [2.45, 2.75) is 25.3 Å². The van der Waals surface area contributed by atoms with Crippen molar-refractivity contribution in [2.24, 2.45) is 0 Å². The van der Waals surface area contributed by atoms with E-state index in [1.165, 1.54) is 12.1 Å². The Labute approximate surface area is 143 Å². The third-order valence-corrected chi connectivity index (χ3v) is 5.92. The van der Waals surface area contributed by atoms with Crippen molar-refractivity contribution in [3.05, 3.63) is 30.5 Å². The highest BCUT2D eigenvalue weighted by atomic mass is 32.2. The summed E-state index contributed by atoms with van der Waals surface area (Å²) in [6.45, 7) is -0.590. The minimum absolute atomic E-state index is 0.0559. The number of halogens is 1. The average Bonchev–Trinajstić information content (AvgIpc) is 3.02. The summed E-state index contributed by atoms with van der Waals surface area (Å²) < 4.78 is 43.1. The fourth-order valence-electron chi connectivity index (χ4n) is 3.00. The first-order valence-electron chi connectivity index (χ1n) is 7.75. The maximum Gasteiger partial charge on any atom is 0.326 e. The molecule has 0 bridgehead atoms. The number of nitrogens with one attached hydrogen (secondary N) is 1. The normalized spacial score (nSPS) is 19.7. The molecule has 0 radical (unpaired) electrons. The monoisotopic (exact) mass is 366 g/mol. The topological polar surface area (TPSA) is 105 Å². The van der Waals surface area contributed by atoms with Crippen LogP contribution in [0.1, 0.15) is 25.3 Å². The van der Waals surface area contributed by atoms with Crippen LogP contribution in [0.5, 0.6) is 5.75 Å². The molecule has 10 heteroatoms. The molecule has 1 aromatic carbocycles. The van der Waals surface area contributed by atoms with E-state index in [1.807, 2.05) is 4.57 Å². The molecule has 1 aliphatic carbocycles. The summed E-state index contributed by atoms with van der Waals surface area (Å²) in [7, 11) is -4.23. The van der Waals surface area contributed by atoms with E-state index in [0.717, 1.165) is 19.3 Å². The van der Waals surface area contributed by atoms with Gasteiger partial charge in [0.05, 0.1) is 12.0 Å². The van der Waals surface area contributed by atoms with Crippen LogP contribution in [-0.4, -0.2) is 35.5 Å². The van der Waals surface area contributed by atoms with Crippen LogP contribution in [0.2, 0.25) is 0 Å². The van der Waals surface area contributed by atoms with Crippen LogP contribution in [0.4, 0.5) is 10.1 Å². The van der Waals surface area contributed by atoms with Crippen LogP contribution >= 0.6 is 0 Å². The molecule has 2 aliphatic rings. The second kappa shape index (κ2) is 5.45. The van der Waals surface area contributed by atoms with Gasteiger partial charge in [0.25, 0.3) is 5.91 Å². The summed E-state index contributed by atoms with van der Waals surface area (Å²) in [4.78, 5) is 15.6. The SMILES string of the molecule is O=C1CN(c2c(O)ccc(-c3cn(C4CCC4)cn3)c2F)S(=O)(=O)N1. The van der Waals surface area contributed by atoms with Crippen LogP contribution in [0.25, 0.3) is 11.3 Å². The Morgan fingerprint density at radius 3 is 2.68 bits per heavy atom. The Hall–Kier alpha value is -2.62. The summed E-state index contributed by atoms with van der Waals surface area (Å²) >= 11 is 0. The molecule has 2 aromatic rings. The van der Waals surface area contributed by atoms with Crippen molar-refractivity contribution in [3.8, 4) is 17.0 Å². The van der Waals surface area contributed by atoms with Crippen LogP contribution in [0.15, 0.2) is 24.7 Å². The Morgan fingerprint density at radius 2 is 2.08 bits per heavy atom. The second-order valence-electron chi connectivity index (χ2n) is 6.12. The zero-order valence-electron chi connectivity index (χ0n) is 13.0. The second-order valence-corrected chi connectivity index (χ2v) is 7.72. The molecule has 8 nitrogen and oxygen atoms in total. The molecule has 0 spiro atoms. The van der Waals surface area contributed by atoms with E-state index in [9.17, 15) is 22.7 Å². The number of nitrogens with zero attached hydrogens (tertiary/aromatic N) is 3. The lowest BCUT2D eigenvalue weighted by Gasteiger charge is -2.26. The number of benzene rings is 1. The van der Waals surface area contributed by atoms with Gasteiger partial charge in [-0.3, -0.25) is 4.79 Å². The number of carbonyl (C=O) groups excluding carboxylic acids is 1. The van der Waals surface area contributed by atoms with Gasteiger partial charge in [0.2, 0.25) is 0 Å². The van der Waals surface area contributed by atoms with Crippen molar-refractivity contribution in [1.82, 2.24) is 14.3 Å². The Bertz CT molecular complexity index is 968. The van der Waals surface area contributed by atoms with E-state index in [4.69, 9.17) is 0 Å². The molecular formula is C15H15FN4O4S. The van der Waals surface area contributed by atoms with Gasteiger partial charge in [-0.05, 0) is 31.4 Å². The summed E-state index contributed by atoms with van der Waals surface area (Å²) in [6.07, 6.45) is 6.54. The van der Waals surface area contributed by atoms with Crippen molar-refractivity contribution < 1.29 is 22.7 Å². The number of aromatic nitrogens is 2. The Balaban J connectivity index is 1.78. The minimum Gasteiger partial charge on any atom is -0.506 e. The predicted molar refractivity (Wildman–Crippen MR) is 86.6 cm³/mol. The van der Waals surface area contributed by atoms with Crippen LogP contribution < -0.4 is 9.03 Å². The number of aromatic hydroxyl groups is 1. The summed E-state index contributed by atoms with van der Waals surface area (Å²) in [6, 6.07) is 2.87. The molecule has 1 aliphatic heterocycles. The zero-order chi connectivity index (χ0) is 17.8. The van der Waals surface area contributed by atoms with Crippen molar-refractivity contribution >= 4 is 21.8 Å². The van der Waals surface area contributed by atoms with Crippen LogP contribution in [-0.2, 0) is 15.0 Å². The average molecular weight is 366 g/mol. The molecular weight excluding hydrogens is 351 g/mol. The molecule has 2 N–H and O–H groups in total. The minimum atomic E-state index is -4.23. The fraction of sp³-hybridized carbons (Fsp3) is 0.333. The number of rotatable bonds is 3. The smallest absolute Gasteiger partial charge is 0.326 e. The van der Waals surface area contributed by atoms with Crippen molar-refractivity contribution in [1.29, 1.82) is 0 Å². The Kier molecular flexibility index (Phi) is 3.46. The number of imidazole rings is 1. The number of phenolic OH excluding ortho intramolecular Hbond substituents is 1. The first-order valence-corrected chi connectivity index (χ1v) is 9.19. The van der Waals surface area contributed by atoms with Crippen molar-refractivity contribution in [2.75, 3.05) is 10.8 Å². The van der Waals surface area contributed by atoms with Gasteiger partial charge in [0.1, 0.15) is 18.0 Å². The van der Waals surface area contributed by atoms with E-state index < -0.39 is 39.9 Å². The Morgan fingerprint density at radius 1 is 1.32 bits per heavy atom. The lowest BCUT2D eigenvalue weighted by molar-refractivity contribution is -0.117. The molecule has 1 saturated carbocycles. The van der Waals surface area contributed by atoms with Gasteiger partial charge in [0.15, 0.2) is 5.82 Å². The lowest BCUT2D eigenvalue weighted by atomic mass is 9.93. The van der Waals surface area contributed by atoms with Crippen LogP contribution in [0.3, 0.4) is 0 Å². The third kappa shape index (κ3) is 2.53. The van der Waals surface area contributed by atoms with Gasteiger partial charge < -0.3 is 9.67 Å². The van der Waals surface area contributed by atoms with E-state index in [0.29, 0.717) is 16.0 Å². The molecule has 0 atom stereocenters. The predicted octanol–water partition coefficient (Wildman–Crippen LogP) is 1.30. The van der Waals surface area contributed by atoms with E-state index in [2.05, 4.69) is 4.98 Å². The molecule has 132 valence electrons. The summed E-state index contributed by atoms with van der Waals surface area (Å²) in [5.41, 5.74) is -0.170. The zero-order valence-corrected chi connectivity index (χ0v) is 13.8. The molecule has 0 unspecified atom stereocenters. The van der Waals surface area contributed by atoms with Gasteiger partial charge in [-0.25, -0.2) is 18.4 Å². The number of hydrogen-bond donors (Lipinski definition) is 2. The maximum absolute atomic E-state index is 15.0. The van der Waals surface area contributed by atoms with Crippen molar-refractivity contribution in [3.63, 3.8) is 0 Å². The van der Waals surface area contributed by atoms with E-state index in [1.54, 1.807) is 17.2 Å². The number of phenols is 1. The standard InChI is InChI=1S/C15H15FN4O4S/c16-14-10(11-6-19(8-17-11)9-2-1-3-9)4-5-12(21)15(14)20-7-13(22)18-25(20,23)24/h4-6,8-9,21H,1-3,7H2,(H,18,22). The highest BCUT2D eigenvalue weighted by Crippen LogP contribution is 2.39. The number of hydrogen-bond acceptors (Lipinski definition) is 5. The molecule has 25 heavy (non-hydrogen) atoms. The molecule has 4 rings (SSSR count). The molecule has 1 saturated heterocycles. The van der Waals surface area contributed by atoms with Crippen LogP contribution in [0, 0.1) is 5.82 Å². The number of anilines is 1. The molecule has 2 fully saturated rings. The first kappa shape index (κ1) is 15.9. The third-order valence-electron chi connectivity index (χ3n) is 4.54. The molecule has 2 heterocycles. The van der Waals surface area contributed by atoms with E-state index >= 15 is 0 Å². The summed E-state index contributed by atoms with van der Waals surface area (Å²) in [5, 5.41) is 9.97. The van der Waals surface area contributed by atoms with E-state index in [-0.39, 0.29) is 5.56 Å². The largest absolute Gasteiger partial charge is 0.506 e.